The second-order valence-electron chi connectivity index (χ2n) is 6.60. The van der Waals surface area contributed by atoms with Gasteiger partial charge in [0.15, 0.2) is 5.96 Å². The quantitative estimate of drug-likeness (QED) is 0.460. The van der Waals surface area contributed by atoms with Gasteiger partial charge in [0.1, 0.15) is 5.75 Å². The lowest BCUT2D eigenvalue weighted by molar-refractivity contribution is -0.130. The van der Waals surface area contributed by atoms with Gasteiger partial charge in [-0.1, -0.05) is 17.7 Å². The van der Waals surface area contributed by atoms with Crippen LogP contribution in [-0.4, -0.2) is 67.5 Å². The van der Waals surface area contributed by atoms with Crippen LogP contribution in [0.5, 0.6) is 5.75 Å². The number of piperazine rings is 1. The minimum atomic E-state index is 0.153. The van der Waals surface area contributed by atoms with Crippen molar-refractivity contribution in [1.29, 1.82) is 0 Å². The highest BCUT2D eigenvalue weighted by Gasteiger charge is 2.20. The van der Waals surface area contributed by atoms with Crippen molar-refractivity contribution in [3.63, 3.8) is 0 Å². The first-order chi connectivity index (χ1) is 12.6. The Labute approximate surface area is 157 Å². The smallest absolute Gasteiger partial charge is 0.219 e. The number of nitrogens with one attached hydrogen (secondary N) is 1. The first-order valence-electron chi connectivity index (χ1n) is 9.58. The minimum absolute atomic E-state index is 0.153. The maximum Gasteiger partial charge on any atom is 0.219 e. The maximum atomic E-state index is 11.4. The molecule has 144 valence electrons. The molecule has 6 nitrogen and oxygen atoms in total. The van der Waals surface area contributed by atoms with Crippen LogP contribution in [0.3, 0.4) is 0 Å². The largest absolute Gasteiger partial charge is 0.494 e. The summed E-state index contributed by atoms with van der Waals surface area (Å²) in [6.07, 6.45) is 1.98. The van der Waals surface area contributed by atoms with Crippen molar-refractivity contribution < 1.29 is 9.53 Å². The van der Waals surface area contributed by atoms with Gasteiger partial charge in [0.2, 0.25) is 5.91 Å². The molecule has 6 heteroatoms. The lowest BCUT2D eigenvalue weighted by Gasteiger charge is -2.36. The average Bonchev–Trinajstić information content (AvgIpc) is 2.65. The third-order valence-electron chi connectivity index (χ3n) is 4.46. The standard InChI is InChI=1S/C20H32N4O2/c1-4-21-20(24-14-12-23(13-15-24)18(3)25)22-11-5-6-16-26-19-9-7-17(2)8-10-19/h7-10H,4-6,11-16H2,1-3H3,(H,21,22). The molecular formula is C20H32N4O2. The van der Waals surface area contributed by atoms with Crippen molar-refractivity contribution >= 4 is 11.9 Å². The van der Waals surface area contributed by atoms with E-state index in [1.807, 2.05) is 17.0 Å². The number of aryl methyl sites for hydroxylation is 1. The van der Waals surface area contributed by atoms with E-state index in [1.165, 1.54) is 5.56 Å². The van der Waals surface area contributed by atoms with E-state index in [4.69, 9.17) is 9.73 Å². The Kier molecular flexibility index (Phi) is 8.25. The molecule has 0 aliphatic carbocycles. The molecule has 1 aliphatic rings. The number of ether oxygens (including phenoxy) is 1. The molecule has 1 heterocycles. The van der Waals surface area contributed by atoms with Gasteiger partial charge in [-0.25, -0.2) is 0 Å². The van der Waals surface area contributed by atoms with Crippen LogP contribution in [0, 0.1) is 6.92 Å². The highest BCUT2D eigenvalue weighted by atomic mass is 16.5. The fourth-order valence-corrected chi connectivity index (χ4v) is 2.88. The van der Waals surface area contributed by atoms with Gasteiger partial charge in [0, 0.05) is 46.2 Å². The molecule has 1 saturated heterocycles. The Morgan fingerprint density at radius 1 is 1.12 bits per heavy atom. The third-order valence-corrected chi connectivity index (χ3v) is 4.46. The zero-order valence-electron chi connectivity index (χ0n) is 16.3. The Balaban J connectivity index is 1.69. The molecular weight excluding hydrogens is 328 g/mol. The van der Waals surface area contributed by atoms with E-state index in [0.717, 1.165) is 63.8 Å². The molecule has 0 aromatic heterocycles. The Bertz CT molecular complexity index is 578. The predicted molar refractivity (Wildman–Crippen MR) is 106 cm³/mol. The van der Waals surface area contributed by atoms with Crippen LogP contribution < -0.4 is 10.1 Å². The van der Waals surface area contributed by atoms with E-state index < -0.39 is 0 Å². The summed E-state index contributed by atoms with van der Waals surface area (Å²) in [4.78, 5) is 20.3. The number of benzene rings is 1. The highest BCUT2D eigenvalue weighted by molar-refractivity contribution is 5.80. The Morgan fingerprint density at radius 2 is 1.77 bits per heavy atom. The zero-order valence-corrected chi connectivity index (χ0v) is 16.3. The summed E-state index contributed by atoms with van der Waals surface area (Å²) in [6.45, 7) is 11.3. The summed E-state index contributed by atoms with van der Waals surface area (Å²) >= 11 is 0. The van der Waals surface area contributed by atoms with E-state index in [0.29, 0.717) is 6.61 Å². The number of carbonyl (C=O) groups excluding carboxylic acids is 1. The van der Waals surface area contributed by atoms with E-state index in [2.05, 4.69) is 36.2 Å². The first kappa shape index (κ1) is 20.1. The molecule has 0 unspecified atom stereocenters. The lowest BCUT2D eigenvalue weighted by Crippen LogP contribution is -2.53. The fourth-order valence-electron chi connectivity index (χ4n) is 2.88. The van der Waals surface area contributed by atoms with Gasteiger partial charge < -0.3 is 19.9 Å². The molecule has 0 radical (unpaired) electrons. The summed E-state index contributed by atoms with van der Waals surface area (Å²) < 4.78 is 5.75. The van der Waals surface area contributed by atoms with E-state index in [-0.39, 0.29) is 5.91 Å². The SMILES string of the molecule is CCNC(=NCCCCOc1ccc(C)cc1)N1CCN(C(C)=O)CC1. The van der Waals surface area contributed by atoms with Crippen molar-refractivity contribution in [2.75, 3.05) is 45.9 Å². The molecule has 0 atom stereocenters. The van der Waals surface area contributed by atoms with E-state index in [1.54, 1.807) is 6.92 Å². The highest BCUT2D eigenvalue weighted by Crippen LogP contribution is 2.11. The number of nitrogens with zero attached hydrogens (tertiary/aromatic N) is 3. The van der Waals surface area contributed by atoms with Gasteiger partial charge in [-0.05, 0) is 38.8 Å². The molecule has 0 bridgehead atoms. The summed E-state index contributed by atoms with van der Waals surface area (Å²) in [6, 6.07) is 8.15. The molecule has 1 aromatic rings. The van der Waals surface area contributed by atoms with Gasteiger partial charge in [-0.15, -0.1) is 0 Å². The molecule has 1 amide bonds. The van der Waals surface area contributed by atoms with Crippen molar-refractivity contribution in [3.05, 3.63) is 29.8 Å². The molecule has 2 rings (SSSR count). The third kappa shape index (κ3) is 6.58. The van der Waals surface area contributed by atoms with Crippen molar-refractivity contribution in [3.8, 4) is 5.75 Å². The Hall–Kier alpha value is -2.24. The van der Waals surface area contributed by atoms with Crippen LogP contribution >= 0.6 is 0 Å². The monoisotopic (exact) mass is 360 g/mol. The molecule has 1 N–H and O–H groups in total. The van der Waals surface area contributed by atoms with Crippen molar-refractivity contribution in [1.82, 2.24) is 15.1 Å². The fraction of sp³-hybridized carbons (Fsp3) is 0.600. The molecule has 1 fully saturated rings. The number of hydrogen-bond acceptors (Lipinski definition) is 3. The number of hydrogen-bond donors (Lipinski definition) is 1. The predicted octanol–water partition coefficient (Wildman–Crippen LogP) is 2.28. The number of aliphatic imine (C=N–C) groups is 1. The van der Waals surface area contributed by atoms with Gasteiger partial charge in [0.05, 0.1) is 6.61 Å². The molecule has 26 heavy (non-hydrogen) atoms. The second-order valence-corrected chi connectivity index (χ2v) is 6.60. The molecule has 0 spiro atoms. The Morgan fingerprint density at radius 3 is 2.38 bits per heavy atom. The van der Waals surface area contributed by atoms with Crippen LogP contribution in [0.4, 0.5) is 0 Å². The summed E-state index contributed by atoms with van der Waals surface area (Å²) in [5.41, 5.74) is 1.24. The molecule has 0 saturated carbocycles. The minimum Gasteiger partial charge on any atom is -0.494 e. The normalized spacial score (nSPS) is 15.1. The van der Waals surface area contributed by atoms with Crippen LogP contribution in [0.2, 0.25) is 0 Å². The van der Waals surface area contributed by atoms with Crippen molar-refractivity contribution in [2.45, 2.75) is 33.6 Å². The summed E-state index contributed by atoms with van der Waals surface area (Å²) in [5.74, 6) is 2.03. The summed E-state index contributed by atoms with van der Waals surface area (Å²) in [7, 11) is 0. The maximum absolute atomic E-state index is 11.4. The van der Waals surface area contributed by atoms with Gasteiger partial charge in [-0.2, -0.15) is 0 Å². The number of unbranched alkanes of at least 4 members (excludes halogenated alkanes) is 1. The van der Waals surface area contributed by atoms with Crippen LogP contribution in [-0.2, 0) is 4.79 Å². The van der Waals surface area contributed by atoms with E-state index in [9.17, 15) is 4.79 Å². The number of carbonyl (C=O) groups is 1. The number of amides is 1. The lowest BCUT2D eigenvalue weighted by atomic mass is 10.2. The van der Waals surface area contributed by atoms with Crippen LogP contribution in [0.1, 0.15) is 32.3 Å². The molecule has 1 aromatic carbocycles. The van der Waals surface area contributed by atoms with Crippen molar-refractivity contribution in [2.24, 2.45) is 4.99 Å². The first-order valence-corrected chi connectivity index (χ1v) is 9.58. The topological polar surface area (TPSA) is 57.2 Å². The summed E-state index contributed by atoms with van der Waals surface area (Å²) in [5, 5.41) is 3.36. The molecule has 1 aliphatic heterocycles. The number of guanidine groups is 1. The second kappa shape index (κ2) is 10.7. The average molecular weight is 361 g/mol. The van der Waals surface area contributed by atoms with Gasteiger partial charge in [0.25, 0.3) is 0 Å². The van der Waals surface area contributed by atoms with Crippen LogP contribution in [0.15, 0.2) is 29.3 Å². The van der Waals surface area contributed by atoms with Gasteiger partial charge in [-0.3, -0.25) is 9.79 Å². The van der Waals surface area contributed by atoms with Crippen LogP contribution in [0.25, 0.3) is 0 Å². The number of rotatable bonds is 7. The van der Waals surface area contributed by atoms with Gasteiger partial charge >= 0.3 is 0 Å². The zero-order chi connectivity index (χ0) is 18.8. The van der Waals surface area contributed by atoms with E-state index >= 15 is 0 Å².